The van der Waals surface area contributed by atoms with Crippen LogP contribution in [0.2, 0.25) is 10.0 Å². The summed E-state index contributed by atoms with van der Waals surface area (Å²) in [5.41, 5.74) is 1.08. The van der Waals surface area contributed by atoms with Gasteiger partial charge in [0.2, 0.25) is 0 Å². The zero-order chi connectivity index (χ0) is 22.8. The number of fused-ring (bicyclic) bond motifs is 3. The maximum Gasteiger partial charge on any atom is 0.272 e. The van der Waals surface area contributed by atoms with E-state index in [1.165, 1.54) is 13.0 Å². The van der Waals surface area contributed by atoms with E-state index in [0.29, 0.717) is 37.4 Å². The quantitative estimate of drug-likeness (QED) is 0.463. The Morgan fingerprint density at radius 3 is 2.32 bits per heavy atom. The summed E-state index contributed by atoms with van der Waals surface area (Å²) < 4.78 is 25.8. The molecule has 0 saturated carbocycles. The van der Waals surface area contributed by atoms with Crippen LogP contribution >= 0.6 is 23.2 Å². The van der Waals surface area contributed by atoms with Crippen molar-refractivity contribution in [3.63, 3.8) is 0 Å². The number of pyridine rings is 1. The van der Waals surface area contributed by atoms with E-state index in [1.807, 2.05) is 0 Å². The molecule has 0 aliphatic heterocycles. The zero-order valence-electron chi connectivity index (χ0n) is 16.2. The molecule has 0 radical (unpaired) electrons. The fourth-order valence-corrected chi connectivity index (χ4v) is 5.08. The number of carboxylic acids is 1. The minimum Gasteiger partial charge on any atom is -0.550 e. The Kier molecular flexibility index (Phi) is 6.74. The van der Waals surface area contributed by atoms with E-state index in [-0.39, 0.29) is 22.6 Å². The summed E-state index contributed by atoms with van der Waals surface area (Å²) in [5.74, 6) is -1.30. The number of carboxylic acid groups (broad SMARTS) is 1. The minimum atomic E-state index is -3.68. The average Bonchev–Trinajstić information content (AvgIpc) is 3.22. The molecule has 10 heteroatoms. The van der Waals surface area contributed by atoms with Gasteiger partial charge in [-0.05, 0) is 42.8 Å². The van der Waals surface area contributed by atoms with Crippen LogP contribution in [-0.2, 0) is 20.4 Å². The van der Waals surface area contributed by atoms with Gasteiger partial charge in [-0.3, -0.25) is 4.79 Å². The number of hydrogen-bond acceptors (Lipinski definition) is 5. The van der Waals surface area contributed by atoms with Crippen LogP contribution in [0.1, 0.15) is 18.9 Å². The molecule has 0 unspecified atom stereocenters. The summed E-state index contributed by atoms with van der Waals surface area (Å²) in [6.07, 6.45) is 1.75. The molecule has 2 aromatic heterocycles. The van der Waals surface area contributed by atoms with Crippen molar-refractivity contribution < 1.29 is 18.3 Å². The van der Waals surface area contributed by atoms with Gasteiger partial charge in [-0.15, -0.1) is 0 Å². The molecule has 0 saturated heterocycles. The van der Waals surface area contributed by atoms with Gasteiger partial charge in [0.15, 0.2) is 9.84 Å². The molecule has 2 heterocycles. The van der Waals surface area contributed by atoms with Crippen molar-refractivity contribution >= 4 is 60.8 Å². The van der Waals surface area contributed by atoms with E-state index < -0.39 is 15.8 Å². The predicted octanol–water partition coefficient (Wildman–Crippen LogP) is 3.44. The molecule has 2 N–H and O–H groups in total. The summed E-state index contributed by atoms with van der Waals surface area (Å²) in [4.78, 5) is 27.0. The van der Waals surface area contributed by atoms with Crippen molar-refractivity contribution in [1.29, 1.82) is 0 Å². The first-order chi connectivity index (χ1) is 14.6. The molecule has 2 aromatic carbocycles. The molecule has 0 spiro atoms. The third-order valence-electron chi connectivity index (χ3n) is 4.55. The van der Waals surface area contributed by atoms with E-state index >= 15 is 0 Å². The normalized spacial score (nSPS) is 11.3. The standard InChI is InChI=1S/C18H12Cl2N2O3S.C3H6O2/c19-14-2-1-3-15(20)13(14)9-26(24,25)10-4-5-16-12(8-10)11-6-7-21-17(11)18(23)22-16;1-2-3(4)5/h1-8,21H,9H2,(H,22,23);2H2,1H3,(H,4,5)/p-1. The van der Waals surface area contributed by atoms with Gasteiger partial charge in [0, 0.05) is 44.1 Å². The number of nitrogens with one attached hydrogen (secondary N) is 2. The smallest absolute Gasteiger partial charge is 0.272 e. The summed E-state index contributed by atoms with van der Waals surface area (Å²) in [7, 11) is -3.68. The number of carbonyl (C=O) groups excluding carboxylic acids is 1. The Bertz CT molecular complexity index is 1420. The topological polar surface area (TPSA) is 123 Å². The lowest BCUT2D eigenvalue weighted by atomic mass is 10.1. The summed E-state index contributed by atoms with van der Waals surface area (Å²) in [6.45, 7) is 1.54. The van der Waals surface area contributed by atoms with Gasteiger partial charge in [-0.25, -0.2) is 8.42 Å². The Balaban J connectivity index is 0.000000491. The molecule has 0 aliphatic carbocycles. The highest BCUT2D eigenvalue weighted by Crippen LogP contribution is 2.30. The van der Waals surface area contributed by atoms with Crippen molar-refractivity contribution in [2.24, 2.45) is 0 Å². The van der Waals surface area contributed by atoms with Gasteiger partial charge in [-0.2, -0.15) is 0 Å². The van der Waals surface area contributed by atoms with Crippen molar-refractivity contribution in [1.82, 2.24) is 9.97 Å². The lowest BCUT2D eigenvalue weighted by molar-refractivity contribution is -0.305. The maximum atomic E-state index is 12.9. The van der Waals surface area contributed by atoms with Crippen LogP contribution in [0.25, 0.3) is 21.8 Å². The summed E-state index contributed by atoms with van der Waals surface area (Å²) in [5, 5.41) is 11.2. The van der Waals surface area contributed by atoms with E-state index in [0.717, 1.165) is 0 Å². The van der Waals surface area contributed by atoms with E-state index in [1.54, 1.807) is 42.6 Å². The zero-order valence-corrected chi connectivity index (χ0v) is 18.6. The molecule has 0 fully saturated rings. The van der Waals surface area contributed by atoms with Crippen molar-refractivity contribution in [3.8, 4) is 0 Å². The van der Waals surface area contributed by atoms with Gasteiger partial charge in [0.25, 0.3) is 5.56 Å². The van der Waals surface area contributed by atoms with Crippen LogP contribution in [0, 0.1) is 0 Å². The SMILES string of the molecule is CCC(=O)[O-].O=c1[nH]c2ccc(S(=O)(=O)Cc3c(Cl)cccc3Cl)cc2c2cc[nH]c12. The highest BCUT2D eigenvalue weighted by Gasteiger charge is 2.20. The van der Waals surface area contributed by atoms with Crippen LogP contribution in [-0.4, -0.2) is 24.4 Å². The molecule has 4 aromatic rings. The Morgan fingerprint density at radius 2 is 1.71 bits per heavy atom. The molecule has 0 aliphatic rings. The first kappa shape index (κ1) is 22.9. The molecule has 0 bridgehead atoms. The molecular formula is C21H17Cl2N2O5S-. The van der Waals surface area contributed by atoms with E-state index in [9.17, 15) is 23.1 Å². The van der Waals surface area contributed by atoms with Crippen molar-refractivity contribution in [3.05, 3.63) is 74.6 Å². The lowest BCUT2D eigenvalue weighted by Gasteiger charge is -2.09. The number of sulfone groups is 1. The van der Waals surface area contributed by atoms with Gasteiger partial charge in [0.05, 0.1) is 10.6 Å². The first-order valence-corrected chi connectivity index (χ1v) is 11.5. The maximum absolute atomic E-state index is 12.9. The van der Waals surface area contributed by atoms with Gasteiger partial charge in [0.1, 0.15) is 5.52 Å². The average molecular weight is 480 g/mol. The number of benzene rings is 2. The number of aromatic nitrogens is 2. The summed E-state index contributed by atoms with van der Waals surface area (Å²) >= 11 is 12.2. The van der Waals surface area contributed by atoms with Crippen molar-refractivity contribution in [2.45, 2.75) is 24.0 Å². The van der Waals surface area contributed by atoms with Gasteiger partial charge < -0.3 is 19.9 Å². The second-order valence-electron chi connectivity index (χ2n) is 6.61. The Labute approximate surface area is 187 Å². The molecule has 31 heavy (non-hydrogen) atoms. The van der Waals surface area contributed by atoms with Crippen LogP contribution < -0.4 is 10.7 Å². The number of H-pyrrole nitrogens is 2. The monoisotopic (exact) mass is 479 g/mol. The molecule has 7 nitrogen and oxygen atoms in total. The number of hydrogen-bond donors (Lipinski definition) is 2. The highest BCUT2D eigenvalue weighted by molar-refractivity contribution is 7.90. The number of rotatable bonds is 4. The molecule has 4 rings (SSSR count). The van der Waals surface area contributed by atoms with Crippen LogP contribution in [0.5, 0.6) is 0 Å². The Hall–Kier alpha value is -2.81. The second kappa shape index (κ2) is 9.13. The third-order valence-corrected chi connectivity index (χ3v) is 6.90. The van der Waals surface area contributed by atoms with Crippen molar-refractivity contribution in [2.75, 3.05) is 0 Å². The number of carbonyl (C=O) groups is 1. The lowest BCUT2D eigenvalue weighted by Crippen LogP contribution is -2.19. The van der Waals surface area contributed by atoms with E-state index in [2.05, 4.69) is 9.97 Å². The van der Waals surface area contributed by atoms with Gasteiger partial charge in [-0.1, -0.05) is 36.2 Å². The number of aliphatic carboxylic acids is 1. The first-order valence-electron chi connectivity index (χ1n) is 9.12. The number of aromatic amines is 2. The molecule has 162 valence electrons. The van der Waals surface area contributed by atoms with Gasteiger partial charge >= 0.3 is 0 Å². The fraction of sp³-hybridized carbons (Fsp3) is 0.143. The largest absolute Gasteiger partial charge is 0.550 e. The van der Waals surface area contributed by atoms with Crippen LogP contribution in [0.3, 0.4) is 0 Å². The highest BCUT2D eigenvalue weighted by atomic mass is 35.5. The number of halogens is 2. The van der Waals surface area contributed by atoms with Crippen LogP contribution in [0.15, 0.2) is 58.4 Å². The molecular weight excluding hydrogens is 463 g/mol. The Morgan fingerprint density at radius 1 is 1.06 bits per heavy atom. The molecule has 0 atom stereocenters. The second-order valence-corrected chi connectivity index (χ2v) is 9.42. The molecule has 0 amide bonds. The van der Waals surface area contributed by atoms with Crippen LogP contribution in [0.4, 0.5) is 0 Å². The summed E-state index contributed by atoms with van der Waals surface area (Å²) in [6, 6.07) is 11.2. The van der Waals surface area contributed by atoms with E-state index in [4.69, 9.17) is 23.2 Å². The minimum absolute atomic E-state index is 0.111. The fourth-order valence-electron chi connectivity index (χ4n) is 2.96. The third kappa shape index (κ3) is 4.92. The predicted molar refractivity (Wildman–Crippen MR) is 119 cm³/mol.